The van der Waals surface area contributed by atoms with Gasteiger partial charge in [0.15, 0.2) is 11.5 Å². The molecule has 0 spiro atoms. The molecule has 0 saturated heterocycles. The monoisotopic (exact) mass is 202 g/mol. The maximum absolute atomic E-state index is 13.2. The first-order valence-electron chi connectivity index (χ1n) is 3.68. The van der Waals surface area contributed by atoms with Gasteiger partial charge in [-0.1, -0.05) is 0 Å². The predicted octanol–water partition coefficient (Wildman–Crippen LogP) is 2.56. The Morgan fingerprint density at radius 1 is 1.15 bits per heavy atom. The highest BCUT2D eigenvalue weighted by molar-refractivity contribution is 7.98. The van der Waals surface area contributed by atoms with Crippen LogP contribution in [0.3, 0.4) is 0 Å². The second-order valence-corrected chi connectivity index (χ2v) is 3.19. The normalized spacial score (nSPS) is 9.85. The van der Waals surface area contributed by atoms with Crippen molar-refractivity contribution in [2.45, 2.75) is 4.90 Å². The Morgan fingerprint density at radius 2 is 1.69 bits per heavy atom. The van der Waals surface area contributed by atoms with Crippen LogP contribution < -0.4 is 9.47 Å². The number of ether oxygens (including phenoxy) is 2. The molecule has 0 radical (unpaired) electrons. The van der Waals surface area contributed by atoms with Crippen molar-refractivity contribution >= 4 is 11.8 Å². The number of thioether (sulfide) groups is 1. The first-order chi connectivity index (χ1) is 6.22. The zero-order chi connectivity index (χ0) is 9.84. The molecule has 13 heavy (non-hydrogen) atoms. The van der Waals surface area contributed by atoms with E-state index in [9.17, 15) is 4.39 Å². The van der Waals surface area contributed by atoms with E-state index in [1.54, 1.807) is 6.07 Å². The number of halogens is 1. The molecule has 0 bridgehead atoms. The van der Waals surface area contributed by atoms with Crippen LogP contribution in [-0.4, -0.2) is 20.5 Å². The van der Waals surface area contributed by atoms with Gasteiger partial charge in [-0.2, -0.15) is 0 Å². The van der Waals surface area contributed by atoms with Gasteiger partial charge in [-0.3, -0.25) is 0 Å². The van der Waals surface area contributed by atoms with Gasteiger partial charge >= 0.3 is 0 Å². The highest BCUT2D eigenvalue weighted by Gasteiger charge is 2.09. The maximum Gasteiger partial charge on any atom is 0.163 e. The average molecular weight is 202 g/mol. The van der Waals surface area contributed by atoms with Crippen LogP contribution in [0.25, 0.3) is 0 Å². The van der Waals surface area contributed by atoms with E-state index in [-0.39, 0.29) is 5.82 Å². The zero-order valence-electron chi connectivity index (χ0n) is 7.76. The fourth-order valence-corrected chi connectivity index (χ4v) is 1.47. The van der Waals surface area contributed by atoms with Crippen LogP contribution in [-0.2, 0) is 0 Å². The third kappa shape index (κ3) is 2.06. The zero-order valence-corrected chi connectivity index (χ0v) is 8.57. The van der Waals surface area contributed by atoms with Crippen molar-refractivity contribution in [1.29, 1.82) is 0 Å². The summed E-state index contributed by atoms with van der Waals surface area (Å²) in [6.07, 6.45) is 1.81. The van der Waals surface area contributed by atoms with Gasteiger partial charge < -0.3 is 9.47 Å². The predicted molar refractivity (Wildman–Crippen MR) is 51.3 cm³/mol. The van der Waals surface area contributed by atoms with Crippen molar-refractivity contribution in [3.63, 3.8) is 0 Å². The Balaban J connectivity index is 3.18. The topological polar surface area (TPSA) is 18.5 Å². The van der Waals surface area contributed by atoms with Gasteiger partial charge in [0.2, 0.25) is 0 Å². The quantitative estimate of drug-likeness (QED) is 0.702. The minimum absolute atomic E-state index is 0.287. The molecule has 0 aliphatic carbocycles. The van der Waals surface area contributed by atoms with Crippen LogP contribution >= 0.6 is 11.8 Å². The molecule has 0 saturated carbocycles. The fraction of sp³-hybridized carbons (Fsp3) is 0.333. The van der Waals surface area contributed by atoms with E-state index in [0.29, 0.717) is 16.4 Å². The molecule has 0 aliphatic rings. The molecule has 1 rings (SSSR count). The van der Waals surface area contributed by atoms with Crippen molar-refractivity contribution in [3.8, 4) is 11.5 Å². The van der Waals surface area contributed by atoms with Gasteiger partial charge in [0.1, 0.15) is 5.82 Å². The smallest absolute Gasteiger partial charge is 0.163 e. The molecule has 0 heterocycles. The fourth-order valence-electron chi connectivity index (χ4n) is 0.992. The Kier molecular flexibility index (Phi) is 3.42. The minimum Gasteiger partial charge on any atom is -0.493 e. The summed E-state index contributed by atoms with van der Waals surface area (Å²) in [5.41, 5.74) is 0. The Morgan fingerprint density at radius 3 is 2.15 bits per heavy atom. The Bertz CT molecular complexity index is 302. The lowest BCUT2D eigenvalue weighted by Gasteiger charge is -2.09. The number of hydrogen-bond acceptors (Lipinski definition) is 3. The minimum atomic E-state index is -0.287. The highest BCUT2D eigenvalue weighted by Crippen LogP contribution is 2.33. The molecular weight excluding hydrogens is 191 g/mol. The van der Waals surface area contributed by atoms with Crippen LogP contribution in [0.1, 0.15) is 0 Å². The van der Waals surface area contributed by atoms with Gasteiger partial charge in [-0.25, -0.2) is 4.39 Å². The lowest BCUT2D eigenvalue weighted by molar-refractivity contribution is 0.350. The van der Waals surface area contributed by atoms with Crippen LogP contribution in [0.4, 0.5) is 4.39 Å². The third-order valence-corrected chi connectivity index (χ3v) is 2.41. The number of rotatable bonds is 3. The van der Waals surface area contributed by atoms with Crippen molar-refractivity contribution in [2.75, 3.05) is 20.5 Å². The van der Waals surface area contributed by atoms with Crippen molar-refractivity contribution in [1.82, 2.24) is 0 Å². The Labute approximate surface area is 81.0 Å². The molecule has 0 amide bonds. The molecular formula is C9H11FO2S. The first-order valence-corrected chi connectivity index (χ1v) is 4.91. The summed E-state index contributed by atoms with van der Waals surface area (Å²) >= 11 is 1.33. The molecule has 0 aromatic heterocycles. The summed E-state index contributed by atoms with van der Waals surface area (Å²) in [6, 6.07) is 2.95. The number of hydrogen-bond donors (Lipinski definition) is 0. The van der Waals surface area contributed by atoms with Gasteiger partial charge in [0.05, 0.1) is 14.2 Å². The molecule has 72 valence electrons. The molecule has 0 N–H and O–H groups in total. The van der Waals surface area contributed by atoms with Crippen molar-refractivity contribution in [2.24, 2.45) is 0 Å². The van der Waals surface area contributed by atoms with E-state index >= 15 is 0 Å². The highest BCUT2D eigenvalue weighted by atomic mass is 32.2. The molecule has 0 aliphatic heterocycles. The van der Waals surface area contributed by atoms with Crippen LogP contribution in [0, 0.1) is 5.82 Å². The Hall–Kier alpha value is -0.900. The second kappa shape index (κ2) is 4.37. The summed E-state index contributed by atoms with van der Waals surface area (Å²) in [5, 5.41) is 0. The summed E-state index contributed by atoms with van der Waals surface area (Å²) in [4.78, 5) is 0.553. The van der Waals surface area contributed by atoms with E-state index in [4.69, 9.17) is 9.47 Å². The number of benzene rings is 1. The molecule has 0 fully saturated rings. The second-order valence-electron chi connectivity index (χ2n) is 2.34. The lowest BCUT2D eigenvalue weighted by atomic mass is 10.3. The third-order valence-electron chi connectivity index (χ3n) is 1.66. The summed E-state index contributed by atoms with van der Waals surface area (Å²) in [6.45, 7) is 0. The number of methoxy groups -OCH3 is 2. The summed E-state index contributed by atoms with van der Waals surface area (Å²) in [7, 11) is 3.01. The van der Waals surface area contributed by atoms with Crippen molar-refractivity contribution in [3.05, 3.63) is 17.9 Å². The van der Waals surface area contributed by atoms with Crippen LogP contribution in [0.5, 0.6) is 11.5 Å². The van der Waals surface area contributed by atoms with Crippen LogP contribution in [0.2, 0.25) is 0 Å². The van der Waals surface area contributed by atoms with E-state index in [1.807, 2.05) is 6.26 Å². The van der Waals surface area contributed by atoms with Crippen LogP contribution in [0.15, 0.2) is 17.0 Å². The van der Waals surface area contributed by atoms with Gasteiger partial charge in [0, 0.05) is 17.0 Å². The van der Waals surface area contributed by atoms with Gasteiger partial charge in [-0.15, -0.1) is 11.8 Å². The molecule has 2 nitrogen and oxygen atoms in total. The molecule has 1 aromatic carbocycles. The molecule has 1 aromatic rings. The molecule has 0 atom stereocenters. The largest absolute Gasteiger partial charge is 0.493 e. The van der Waals surface area contributed by atoms with E-state index < -0.39 is 0 Å². The van der Waals surface area contributed by atoms with Crippen molar-refractivity contribution < 1.29 is 13.9 Å². The SMILES string of the molecule is COc1cc(F)c(SC)cc1OC. The summed E-state index contributed by atoms with van der Waals surface area (Å²) < 4.78 is 23.2. The maximum atomic E-state index is 13.2. The standard InChI is InChI=1S/C9H11FO2S/c1-11-7-4-6(10)9(13-3)5-8(7)12-2/h4-5H,1-3H3. The average Bonchev–Trinajstić information content (AvgIpc) is 2.17. The first kappa shape index (κ1) is 10.2. The summed E-state index contributed by atoms with van der Waals surface area (Å²) in [5.74, 6) is 0.677. The van der Waals surface area contributed by atoms with E-state index in [1.165, 1.54) is 32.0 Å². The lowest BCUT2D eigenvalue weighted by Crippen LogP contribution is -1.92. The van der Waals surface area contributed by atoms with Gasteiger partial charge in [-0.05, 0) is 6.26 Å². The molecule has 0 unspecified atom stereocenters. The van der Waals surface area contributed by atoms with E-state index in [0.717, 1.165) is 0 Å². The van der Waals surface area contributed by atoms with E-state index in [2.05, 4.69) is 0 Å². The van der Waals surface area contributed by atoms with Gasteiger partial charge in [0.25, 0.3) is 0 Å². The molecule has 4 heteroatoms.